The quantitative estimate of drug-likeness (QED) is 0.687. The SMILES string of the molecule is Cc1cnn(-c2cnc(N)nc2)c1. The van der Waals surface area contributed by atoms with Gasteiger partial charge in [0.05, 0.1) is 18.6 Å². The lowest BCUT2D eigenvalue weighted by atomic mass is 10.4. The fraction of sp³-hybridized carbons (Fsp3) is 0.125. The molecule has 5 heteroatoms. The predicted molar refractivity (Wildman–Crippen MR) is 48.3 cm³/mol. The Morgan fingerprint density at radius 2 is 1.92 bits per heavy atom. The van der Waals surface area contributed by atoms with Crippen molar-refractivity contribution in [3.63, 3.8) is 0 Å². The molecule has 0 unspecified atom stereocenters. The van der Waals surface area contributed by atoms with Crippen LogP contribution in [-0.4, -0.2) is 19.7 Å². The third kappa shape index (κ3) is 1.48. The number of nitrogens with zero attached hydrogens (tertiary/aromatic N) is 4. The molecule has 0 atom stereocenters. The minimum absolute atomic E-state index is 0.271. The van der Waals surface area contributed by atoms with E-state index in [0.29, 0.717) is 0 Å². The number of rotatable bonds is 1. The molecule has 66 valence electrons. The van der Waals surface area contributed by atoms with Crippen molar-refractivity contribution in [1.29, 1.82) is 0 Å². The zero-order chi connectivity index (χ0) is 9.26. The van der Waals surface area contributed by atoms with Crippen LogP contribution < -0.4 is 5.73 Å². The van der Waals surface area contributed by atoms with Crippen molar-refractivity contribution in [1.82, 2.24) is 19.7 Å². The van der Waals surface area contributed by atoms with Crippen LogP contribution in [-0.2, 0) is 0 Å². The second-order valence-corrected chi connectivity index (χ2v) is 2.76. The lowest BCUT2D eigenvalue weighted by Gasteiger charge is -1.98. The van der Waals surface area contributed by atoms with Crippen LogP contribution in [0.25, 0.3) is 5.69 Å². The predicted octanol–water partition coefficient (Wildman–Crippen LogP) is 0.553. The molecular formula is C8H9N5. The number of nitrogen functional groups attached to an aromatic ring is 1. The van der Waals surface area contributed by atoms with Crippen molar-refractivity contribution in [2.24, 2.45) is 0 Å². The molecule has 0 saturated heterocycles. The fourth-order valence-electron chi connectivity index (χ4n) is 1.00. The third-order valence-corrected chi connectivity index (χ3v) is 1.63. The molecule has 0 aliphatic heterocycles. The Morgan fingerprint density at radius 3 is 2.46 bits per heavy atom. The van der Waals surface area contributed by atoms with Crippen molar-refractivity contribution in [3.05, 3.63) is 30.4 Å². The molecule has 2 rings (SSSR count). The van der Waals surface area contributed by atoms with Gasteiger partial charge in [-0.05, 0) is 12.5 Å². The number of hydrogen-bond acceptors (Lipinski definition) is 4. The Morgan fingerprint density at radius 1 is 1.23 bits per heavy atom. The summed E-state index contributed by atoms with van der Waals surface area (Å²) in [7, 11) is 0. The minimum atomic E-state index is 0.271. The first-order chi connectivity index (χ1) is 6.25. The van der Waals surface area contributed by atoms with Crippen molar-refractivity contribution in [2.45, 2.75) is 6.92 Å². The Labute approximate surface area is 75.2 Å². The van der Waals surface area contributed by atoms with Gasteiger partial charge in [-0.1, -0.05) is 0 Å². The molecule has 0 fully saturated rings. The van der Waals surface area contributed by atoms with Crippen LogP contribution in [0.3, 0.4) is 0 Å². The Hall–Kier alpha value is -1.91. The standard InChI is InChI=1S/C8H9N5/c1-6-2-12-13(5-6)7-3-10-8(9)11-4-7/h2-5H,1H3,(H2,9,10,11). The largest absolute Gasteiger partial charge is 0.368 e. The van der Waals surface area contributed by atoms with Gasteiger partial charge in [0.2, 0.25) is 5.95 Å². The summed E-state index contributed by atoms with van der Waals surface area (Å²) in [5, 5.41) is 4.11. The van der Waals surface area contributed by atoms with Gasteiger partial charge in [-0.3, -0.25) is 0 Å². The van der Waals surface area contributed by atoms with Gasteiger partial charge in [0, 0.05) is 6.20 Å². The normalized spacial score (nSPS) is 10.2. The summed E-state index contributed by atoms with van der Waals surface area (Å²) in [5.41, 5.74) is 7.26. The van der Waals surface area contributed by atoms with Crippen LogP contribution >= 0.6 is 0 Å². The van der Waals surface area contributed by atoms with Crippen LogP contribution in [0.2, 0.25) is 0 Å². The number of nitrogens with two attached hydrogens (primary N) is 1. The maximum atomic E-state index is 5.36. The monoisotopic (exact) mass is 175 g/mol. The topological polar surface area (TPSA) is 69.6 Å². The summed E-state index contributed by atoms with van der Waals surface area (Å²) < 4.78 is 1.70. The zero-order valence-corrected chi connectivity index (χ0v) is 7.18. The highest BCUT2D eigenvalue weighted by Gasteiger charge is 1.98. The zero-order valence-electron chi connectivity index (χ0n) is 7.18. The van der Waals surface area contributed by atoms with Crippen molar-refractivity contribution < 1.29 is 0 Å². The van der Waals surface area contributed by atoms with E-state index in [4.69, 9.17) is 5.73 Å². The first-order valence-corrected chi connectivity index (χ1v) is 3.85. The molecule has 0 aliphatic rings. The second-order valence-electron chi connectivity index (χ2n) is 2.76. The molecule has 2 heterocycles. The summed E-state index contributed by atoms with van der Waals surface area (Å²) in [6.07, 6.45) is 6.94. The maximum absolute atomic E-state index is 5.36. The number of anilines is 1. The average molecular weight is 175 g/mol. The summed E-state index contributed by atoms with van der Waals surface area (Å²) in [6.45, 7) is 1.97. The Bertz CT molecular complexity index is 403. The number of aryl methyl sites for hydroxylation is 1. The van der Waals surface area contributed by atoms with E-state index in [1.165, 1.54) is 0 Å². The molecule has 0 aliphatic carbocycles. The van der Waals surface area contributed by atoms with Crippen LogP contribution in [0.15, 0.2) is 24.8 Å². The summed E-state index contributed by atoms with van der Waals surface area (Å²) in [4.78, 5) is 7.74. The molecule has 2 N–H and O–H groups in total. The molecule has 0 spiro atoms. The lowest BCUT2D eigenvalue weighted by Crippen LogP contribution is -1.99. The maximum Gasteiger partial charge on any atom is 0.220 e. The third-order valence-electron chi connectivity index (χ3n) is 1.63. The van der Waals surface area contributed by atoms with Gasteiger partial charge in [0.1, 0.15) is 5.69 Å². The lowest BCUT2D eigenvalue weighted by molar-refractivity contribution is 0.865. The smallest absolute Gasteiger partial charge is 0.220 e. The molecule has 0 aromatic carbocycles. The van der Waals surface area contributed by atoms with Crippen molar-refractivity contribution in [3.8, 4) is 5.69 Å². The van der Waals surface area contributed by atoms with Gasteiger partial charge in [0.15, 0.2) is 0 Å². The Kier molecular flexibility index (Phi) is 1.70. The van der Waals surface area contributed by atoms with Crippen molar-refractivity contribution >= 4 is 5.95 Å². The van der Waals surface area contributed by atoms with E-state index in [9.17, 15) is 0 Å². The summed E-state index contributed by atoms with van der Waals surface area (Å²) in [6, 6.07) is 0. The van der Waals surface area contributed by atoms with E-state index >= 15 is 0 Å². The Balaban J connectivity index is 2.41. The van der Waals surface area contributed by atoms with Gasteiger partial charge in [-0.25, -0.2) is 14.6 Å². The van der Waals surface area contributed by atoms with E-state index in [1.807, 2.05) is 13.1 Å². The van der Waals surface area contributed by atoms with Crippen LogP contribution in [0, 0.1) is 6.92 Å². The highest BCUT2D eigenvalue weighted by Crippen LogP contribution is 2.05. The van der Waals surface area contributed by atoms with Crippen LogP contribution in [0.1, 0.15) is 5.56 Å². The van der Waals surface area contributed by atoms with E-state index in [2.05, 4.69) is 15.1 Å². The van der Waals surface area contributed by atoms with Crippen LogP contribution in [0.5, 0.6) is 0 Å². The molecule has 0 bridgehead atoms. The fourth-order valence-corrected chi connectivity index (χ4v) is 1.00. The molecule has 5 nitrogen and oxygen atoms in total. The van der Waals surface area contributed by atoms with Crippen molar-refractivity contribution in [2.75, 3.05) is 5.73 Å². The highest BCUT2D eigenvalue weighted by atomic mass is 15.3. The van der Waals surface area contributed by atoms with Gasteiger partial charge in [-0.15, -0.1) is 0 Å². The molecule has 13 heavy (non-hydrogen) atoms. The van der Waals surface area contributed by atoms with E-state index in [1.54, 1.807) is 23.3 Å². The molecule has 0 saturated carbocycles. The first-order valence-electron chi connectivity index (χ1n) is 3.85. The van der Waals surface area contributed by atoms with E-state index in [-0.39, 0.29) is 5.95 Å². The molecule has 2 aromatic heterocycles. The second kappa shape index (κ2) is 2.85. The highest BCUT2D eigenvalue weighted by molar-refractivity contribution is 5.28. The summed E-state index contributed by atoms with van der Waals surface area (Å²) in [5.74, 6) is 0.271. The van der Waals surface area contributed by atoms with Gasteiger partial charge in [0.25, 0.3) is 0 Å². The number of aromatic nitrogens is 4. The van der Waals surface area contributed by atoms with E-state index in [0.717, 1.165) is 11.3 Å². The number of hydrogen-bond donors (Lipinski definition) is 1. The van der Waals surface area contributed by atoms with Gasteiger partial charge >= 0.3 is 0 Å². The molecular weight excluding hydrogens is 166 g/mol. The average Bonchev–Trinajstić information content (AvgIpc) is 2.53. The van der Waals surface area contributed by atoms with E-state index < -0.39 is 0 Å². The van der Waals surface area contributed by atoms with Gasteiger partial charge in [-0.2, -0.15) is 5.10 Å². The molecule has 2 aromatic rings. The summed E-state index contributed by atoms with van der Waals surface area (Å²) >= 11 is 0. The minimum Gasteiger partial charge on any atom is -0.368 e. The molecule has 0 radical (unpaired) electrons. The molecule has 0 amide bonds. The van der Waals surface area contributed by atoms with Gasteiger partial charge < -0.3 is 5.73 Å². The first kappa shape index (κ1) is 7.72. The van der Waals surface area contributed by atoms with Crippen LogP contribution in [0.4, 0.5) is 5.95 Å².